The Hall–Kier alpha value is -1.88. The highest BCUT2D eigenvalue weighted by Gasteiger charge is 2.13. The number of rotatable bonds is 4. The maximum absolute atomic E-state index is 11.4. The number of carbonyl (C=O) groups excluding carboxylic acids is 1. The lowest BCUT2D eigenvalue weighted by atomic mass is 10.1. The molecule has 0 bridgehead atoms. The maximum Gasteiger partial charge on any atom is 0.350 e. The molecule has 1 aromatic rings. The Kier molecular flexibility index (Phi) is 4.85. The molecule has 0 atom stereocenters. The minimum atomic E-state index is -0.602. The zero-order valence-corrected chi connectivity index (χ0v) is 10.7. The monoisotopic (exact) mass is 269 g/mol. The van der Waals surface area contributed by atoms with E-state index in [1.807, 2.05) is 0 Å². The number of esters is 1. The quantitative estimate of drug-likeness (QED) is 0.364. The first-order valence-electron chi connectivity index (χ1n) is 5.25. The Morgan fingerprint density at radius 1 is 1.39 bits per heavy atom. The van der Waals surface area contributed by atoms with Crippen molar-refractivity contribution >= 4 is 28.8 Å². The van der Waals surface area contributed by atoms with Crippen LogP contribution in [0.2, 0.25) is 0 Å². The summed E-state index contributed by atoms with van der Waals surface area (Å²) in [4.78, 5) is 21.4. The van der Waals surface area contributed by atoms with E-state index in [0.717, 1.165) is 0 Å². The second kappa shape index (κ2) is 6.16. The Morgan fingerprint density at radius 2 is 1.94 bits per heavy atom. The molecule has 0 saturated carbocycles. The van der Waals surface area contributed by atoms with Crippen molar-refractivity contribution in [1.29, 1.82) is 0 Å². The molecule has 0 N–H and O–H groups in total. The lowest BCUT2D eigenvalue weighted by Crippen LogP contribution is -2.05. The van der Waals surface area contributed by atoms with Crippen molar-refractivity contribution in [3.8, 4) is 0 Å². The van der Waals surface area contributed by atoms with Crippen LogP contribution in [0, 0.1) is 10.1 Å². The number of halogens is 1. The van der Waals surface area contributed by atoms with Gasteiger partial charge in [-0.05, 0) is 37.1 Å². The molecule has 1 rings (SSSR count). The second-order valence-corrected chi connectivity index (χ2v) is 3.84. The summed E-state index contributed by atoms with van der Waals surface area (Å²) in [7, 11) is 0. The van der Waals surface area contributed by atoms with Gasteiger partial charge in [0, 0.05) is 12.1 Å². The molecule has 0 aliphatic rings. The fourth-order valence-corrected chi connectivity index (χ4v) is 1.47. The lowest BCUT2D eigenvalue weighted by molar-refractivity contribution is -0.384. The number of nitrogens with zero attached hydrogens (tertiary/aromatic N) is 1. The Labute approximate surface area is 109 Å². The number of ether oxygens (including phenoxy) is 1. The molecule has 18 heavy (non-hydrogen) atoms. The van der Waals surface area contributed by atoms with Crippen LogP contribution < -0.4 is 0 Å². The molecule has 0 aliphatic heterocycles. The molecule has 0 heterocycles. The highest BCUT2D eigenvalue weighted by molar-refractivity contribution is 6.44. The maximum atomic E-state index is 11.4. The van der Waals surface area contributed by atoms with Crippen molar-refractivity contribution in [2.24, 2.45) is 0 Å². The third-order valence-corrected chi connectivity index (χ3v) is 2.73. The third kappa shape index (κ3) is 3.30. The summed E-state index contributed by atoms with van der Waals surface area (Å²) >= 11 is 5.87. The van der Waals surface area contributed by atoms with E-state index in [2.05, 4.69) is 0 Å². The fourth-order valence-electron chi connectivity index (χ4n) is 1.31. The summed E-state index contributed by atoms with van der Waals surface area (Å²) in [6.07, 6.45) is 0. The molecule has 0 radical (unpaired) electrons. The minimum Gasteiger partial charge on any atom is -0.462 e. The molecule has 96 valence electrons. The predicted molar refractivity (Wildman–Crippen MR) is 68.2 cm³/mol. The molecule has 0 saturated heterocycles. The molecule has 1 aromatic carbocycles. The Balaban J connectivity index is 3.02. The third-order valence-electron chi connectivity index (χ3n) is 2.30. The average molecular weight is 270 g/mol. The van der Waals surface area contributed by atoms with Crippen LogP contribution in [0.15, 0.2) is 29.3 Å². The summed E-state index contributed by atoms with van der Waals surface area (Å²) in [5.41, 5.74) is 1.14. The standard InChI is InChI=1S/C12H12ClNO4/c1-3-18-12(15)11(13)8(2)9-4-6-10(7-5-9)14(16)17/h4-7H,3H2,1-2H3/b11-8-. The van der Waals surface area contributed by atoms with Gasteiger partial charge in [0.15, 0.2) is 0 Å². The molecule has 5 nitrogen and oxygen atoms in total. The van der Waals surface area contributed by atoms with Crippen LogP contribution in [-0.4, -0.2) is 17.5 Å². The summed E-state index contributed by atoms with van der Waals surface area (Å²) < 4.78 is 4.77. The molecule has 0 unspecified atom stereocenters. The van der Waals surface area contributed by atoms with Gasteiger partial charge in [-0.15, -0.1) is 0 Å². The van der Waals surface area contributed by atoms with Crippen molar-refractivity contribution in [2.45, 2.75) is 13.8 Å². The van der Waals surface area contributed by atoms with Gasteiger partial charge in [0.2, 0.25) is 0 Å². The molecule has 0 aliphatic carbocycles. The van der Waals surface area contributed by atoms with E-state index in [4.69, 9.17) is 16.3 Å². The average Bonchev–Trinajstić information content (AvgIpc) is 2.37. The number of carbonyl (C=O) groups is 1. The molecular weight excluding hydrogens is 258 g/mol. The zero-order valence-electron chi connectivity index (χ0n) is 9.97. The van der Waals surface area contributed by atoms with Gasteiger partial charge in [0.25, 0.3) is 5.69 Å². The van der Waals surface area contributed by atoms with Crippen molar-refractivity contribution in [3.05, 3.63) is 45.0 Å². The van der Waals surface area contributed by atoms with Gasteiger partial charge in [-0.1, -0.05) is 11.6 Å². The molecule has 0 amide bonds. The Bertz CT molecular complexity index is 493. The first-order chi connectivity index (χ1) is 8.47. The number of hydrogen-bond acceptors (Lipinski definition) is 4. The van der Waals surface area contributed by atoms with Gasteiger partial charge in [-0.25, -0.2) is 4.79 Å². The van der Waals surface area contributed by atoms with Gasteiger partial charge in [0.05, 0.1) is 11.5 Å². The first kappa shape index (κ1) is 14.2. The van der Waals surface area contributed by atoms with Crippen molar-refractivity contribution in [2.75, 3.05) is 6.61 Å². The molecule has 0 fully saturated rings. The lowest BCUT2D eigenvalue weighted by Gasteiger charge is -2.05. The Morgan fingerprint density at radius 3 is 2.39 bits per heavy atom. The van der Waals surface area contributed by atoms with Crippen LogP contribution in [0.25, 0.3) is 5.57 Å². The number of benzene rings is 1. The smallest absolute Gasteiger partial charge is 0.350 e. The highest BCUT2D eigenvalue weighted by Crippen LogP contribution is 2.23. The van der Waals surface area contributed by atoms with Crippen LogP contribution in [0.4, 0.5) is 5.69 Å². The van der Waals surface area contributed by atoms with Crippen molar-refractivity contribution in [3.63, 3.8) is 0 Å². The van der Waals surface area contributed by atoms with Gasteiger partial charge in [-0.3, -0.25) is 10.1 Å². The molecule has 6 heteroatoms. The van der Waals surface area contributed by atoms with Gasteiger partial charge >= 0.3 is 5.97 Å². The van der Waals surface area contributed by atoms with E-state index in [1.165, 1.54) is 24.3 Å². The van der Waals surface area contributed by atoms with Crippen LogP contribution in [0.3, 0.4) is 0 Å². The van der Waals surface area contributed by atoms with E-state index in [0.29, 0.717) is 11.1 Å². The normalized spacial score (nSPS) is 11.7. The van der Waals surface area contributed by atoms with Crippen LogP contribution in [0.5, 0.6) is 0 Å². The largest absolute Gasteiger partial charge is 0.462 e. The highest BCUT2D eigenvalue weighted by atomic mass is 35.5. The van der Waals surface area contributed by atoms with Gasteiger partial charge < -0.3 is 4.74 Å². The van der Waals surface area contributed by atoms with Gasteiger partial charge in [-0.2, -0.15) is 0 Å². The van der Waals surface area contributed by atoms with E-state index in [1.54, 1.807) is 13.8 Å². The van der Waals surface area contributed by atoms with E-state index in [-0.39, 0.29) is 17.3 Å². The fraction of sp³-hybridized carbons (Fsp3) is 0.250. The summed E-state index contributed by atoms with van der Waals surface area (Å²) in [5.74, 6) is -0.602. The number of non-ortho nitro benzene ring substituents is 1. The number of nitro groups is 1. The minimum absolute atomic E-state index is 0.0150. The predicted octanol–water partition coefficient (Wildman–Crippen LogP) is 3.13. The van der Waals surface area contributed by atoms with Crippen LogP contribution in [-0.2, 0) is 9.53 Å². The first-order valence-corrected chi connectivity index (χ1v) is 5.63. The molecule has 0 aromatic heterocycles. The van der Waals surface area contributed by atoms with Crippen LogP contribution in [0.1, 0.15) is 19.4 Å². The van der Waals surface area contributed by atoms with Crippen LogP contribution >= 0.6 is 11.6 Å². The number of nitro benzene ring substituents is 1. The second-order valence-electron chi connectivity index (χ2n) is 3.46. The SMILES string of the molecule is CCOC(=O)/C(Cl)=C(\C)c1ccc([N+](=O)[O-])cc1. The number of hydrogen-bond donors (Lipinski definition) is 0. The summed E-state index contributed by atoms with van der Waals surface area (Å²) in [5, 5.41) is 10.5. The van der Waals surface area contributed by atoms with Crippen molar-refractivity contribution in [1.82, 2.24) is 0 Å². The summed E-state index contributed by atoms with van der Waals surface area (Å²) in [6, 6.07) is 5.78. The zero-order chi connectivity index (χ0) is 13.7. The molecular formula is C12H12ClNO4. The van der Waals surface area contributed by atoms with E-state index < -0.39 is 10.9 Å². The topological polar surface area (TPSA) is 69.4 Å². The molecule has 0 spiro atoms. The van der Waals surface area contributed by atoms with E-state index in [9.17, 15) is 14.9 Å². The van der Waals surface area contributed by atoms with E-state index >= 15 is 0 Å². The van der Waals surface area contributed by atoms with Gasteiger partial charge in [0.1, 0.15) is 5.03 Å². The number of allylic oxidation sites excluding steroid dienone is 1. The van der Waals surface area contributed by atoms with Crippen molar-refractivity contribution < 1.29 is 14.5 Å². The summed E-state index contributed by atoms with van der Waals surface area (Å²) in [6.45, 7) is 3.58.